The number of hydrogen-bond donors (Lipinski definition) is 1. The molecule has 2 heterocycles. The SMILES string of the molecule is CC.COc1c(CC(NC(=O)Cn2cc([N+](=O)[O-])cn2)B2OC3CC4CC(C4(C)C)[C@]3(C)O2)cccc1C(=O)OC(C)(C)C. The Morgan fingerprint density at radius 2 is 1.95 bits per heavy atom. The maximum absolute atomic E-state index is 13.2. The minimum absolute atomic E-state index is 0.109. The second-order valence-corrected chi connectivity index (χ2v) is 13.4. The number of esters is 1. The van der Waals surface area contributed by atoms with Crippen LogP contribution in [0, 0.1) is 27.4 Å². The lowest BCUT2D eigenvalue weighted by Crippen LogP contribution is -2.65. The highest BCUT2D eigenvalue weighted by molar-refractivity contribution is 6.48. The molecule has 0 radical (unpaired) electrons. The molecule has 5 atom stereocenters. The minimum atomic E-state index is -0.763. The van der Waals surface area contributed by atoms with Crippen LogP contribution in [-0.4, -0.2) is 64.1 Å². The predicted octanol–water partition coefficient (Wildman–Crippen LogP) is 4.78. The predicted molar refractivity (Wildman–Crippen MR) is 164 cm³/mol. The van der Waals surface area contributed by atoms with Crippen LogP contribution in [0.15, 0.2) is 30.6 Å². The van der Waals surface area contributed by atoms with Gasteiger partial charge in [-0.3, -0.25) is 19.6 Å². The van der Waals surface area contributed by atoms with Gasteiger partial charge in [-0.1, -0.05) is 39.8 Å². The third-order valence-corrected chi connectivity index (χ3v) is 9.14. The van der Waals surface area contributed by atoms with Gasteiger partial charge in [-0.2, -0.15) is 5.10 Å². The molecule has 12 nitrogen and oxygen atoms in total. The number of aromatic nitrogens is 2. The molecule has 2 aromatic rings. The number of para-hydroxylation sites is 1. The van der Waals surface area contributed by atoms with E-state index in [9.17, 15) is 19.7 Å². The van der Waals surface area contributed by atoms with Crippen molar-refractivity contribution in [3.63, 3.8) is 0 Å². The number of benzene rings is 1. The van der Waals surface area contributed by atoms with Gasteiger partial charge in [0.05, 0.1) is 29.7 Å². The highest BCUT2D eigenvalue weighted by Gasteiger charge is 2.68. The summed E-state index contributed by atoms with van der Waals surface area (Å²) in [5, 5.41) is 18.0. The van der Waals surface area contributed by atoms with E-state index in [1.807, 2.05) is 19.9 Å². The molecule has 3 saturated carbocycles. The lowest BCUT2D eigenvalue weighted by atomic mass is 9.43. The summed E-state index contributed by atoms with van der Waals surface area (Å²) in [5.74, 6) is -0.373. The van der Waals surface area contributed by atoms with E-state index in [2.05, 4.69) is 31.2 Å². The fourth-order valence-electron chi connectivity index (χ4n) is 6.94. The second kappa shape index (κ2) is 12.5. The van der Waals surface area contributed by atoms with Crippen LogP contribution in [-0.2, 0) is 31.8 Å². The first-order valence-corrected chi connectivity index (χ1v) is 15.3. The number of ether oxygens (including phenoxy) is 2. The van der Waals surface area contributed by atoms with E-state index in [-0.39, 0.29) is 35.7 Å². The highest BCUT2D eigenvalue weighted by atomic mass is 16.7. The fourth-order valence-corrected chi connectivity index (χ4v) is 6.94. The minimum Gasteiger partial charge on any atom is -0.496 e. The average Bonchev–Trinajstić information content (AvgIpc) is 3.56. The zero-order chi connectivity index (χ0) is 32.6. The number of carbonyl (C=O) groups is 2. The van der Waals surface area contributed by atoms with Crippen LogP contribution in [0.4, 0.5) is 5.69 Å². The summed E-state index contributed by atoms with van der Waals surface area (Å²) in [6.45, 7) is 15.8. The zero-order valence-corrected chi connectivity index (χ0v) is 27.2. The number of nitro groups is 1. The zero-order valence-electron chi connectivity index (χ0n) is 27.2. The molecule has 2 bridgehead atoms. The van der Waals surface area contributed by atoms with E-state index in [0.717, 1.165) is 19.0 Å². The van der Waals surface area contributed by atoms with Crippen molar-refractivity contribution in [2.45, 2.75) is 104 Å². The van der Waals surface area contributed by atoms with Crippen molar-refractivity contribution in [1.82, 2.24) is 15.1 Å². The number of carbonyl (C=O) groups excluding carboxylic acids is 2. The van der Waals surface area contributed by atoms with Crippen molar-refractivity contribution in [3.05, 3.63) is 51.8 Å². The lowest BCUT2D eigenvalue weighted by Gasteiger charge is -2.64. The topological polar surface area (TPSA) is 144 Å². The number of nitrogens with zero attached hydrogens (tertiary/aromatic N) is 3. The molecule has 4 aliphatic rings. The molecule has 3 aliphatic carbocycles. The third kappa shape index (κ3) is 6.49. The van der Waals surface area contributed by atoms with Gasteiger partial charge in [0.1, 0.15) is 35.9 Å². The molecule has 1 saturated heterocycles. The van der Waals surface area contributed by atoms with Gasteiger partial charge in [0, 0.05) is 0 Å². The first kappa shape index (κ1) is 33.4. The van der Waals surface area contributed by atoms with E-state index in [0.29, 0.717) is 23.1 Å². The highest BCUT2D eigenvalue weighted by Crippen LogP contribution is 2.65. The number of hydrogen-bond acceptors (Lipinski definition) is 9. The van der Waals surface area contributed by atoms with Crippen LogP contribution in [0.5, 0.6) is 5.75 Å². The monoisotopic (exact) mass is 612 g/mol. The fraction of sp³-hybridized carbons (Fsp3) is 0.645. The van der Waals surface area contributed by atoms with Gasteiger partial charge >= 0.3 is 18.8 Å². The van der Waals surface area contributed by atoms with Crippen LogP contribution in [0.3, 0.4) is 0 Å². The quantitative estimate of drug-likeness (QED) is 0.183. The molecular formula is C31H45BN4O8. The van der Waals surface area contributed by atoms with Crippen molar-refractivity contribution in [1.29, 1.82) is 0 Å². The Hall–Kier alpha value is -3.45. The normalized spacial score (nSPS) is 25.5. The van der Waals surface area contributed by atoms with Gasteiger partial charge in [0.2, 0.25) is 5.91 Å². The molecular weight excluding hydrogens is 567 g/mol. The maximum Gasteiger partial charge on any atom is 0.482 e. The van der Waals surface area contributed by atoms with Crippen LogP contribution >= 0.6 is 0 Å². The van der Waals surface area contributed by atoms with Crippen LogP contribution in [0.25, 0.3) is 0 Å². The number of methoxy groups -OCH3 is 1. The summed E-state index contributed by atoms with van der Waals surface area (Å²) in [4.78, 5) is 36.8. The first-order valence-electron chi connectivity index (χ1n) is 15.3. The molecule has 1 aliphatic heterocycles. The molecule has 1 aromatic heterocycles. The Labute approximate surface area is 259 Å². The van der Waals surface area contributed by atoms with E-state index in [4.69, 9.17) is 18.8 Å². The Morgan fingerprint density at radius 1 is 1.25 bits per heavy atom. The molecule has 240 valence electrons. The van der Waals surface area contributed by atoms with E-state index in [1.165, 1.54) is 18.0 Å². The van der Waals surface area contributed by atoms with Gasteiger partial charge in [-0.25, -0.2) is 4.79 Å². The van der Waals surface area contributed by atoms with E-state index in [1.54, 1.807) is 32.9 Å². The smallest absolute Gasteiger partial charge is 0.482 e. The summed E-state index contributed by atoms with van der Waals surface area (Å²) in [6, 6.07) is 5.21. The van der Waals surface area contributed by atoms with Crippen molar-refractivity contribution in [2.24, 2.45) is 17.3 Å². The number of rotatable bonds is 9. The van der Waals surface area contributed by atoms with Gasteiger partial charge < -0.3 is 24.1 Å². The number of nitrogens with one attached hydrogen (secondary N) is 1. The first-order chi connectivity index (χ1) is 20.6. The summed E-state index contributed by atoms with van der Waals surface area (Å²) in [6.07, 6.45) is 4.39. The average molecular weight is 613 g/mol. The summed E-state index contributed by atoms with van der Waals surface area (Å²) in [5.41, 5.74) is -0.321. The van der Waals surface area contributed by atoms with Gasteiger partial charge in [0.25, 0.3) is 0 Å². The van der Waals surface area contributed by atoms with Gasteiger partial charge in [-0.15, -0.1) is 0 Å². The molecule has 44 heavy (non-hydrogen) atoms. The Balaban J connectivity index is 0.00000216. The Bertz CT molecular complexity index is 1390. The third-order valence-electron chi connectivity index (χ3n) is 9.14. The van der Waals surface area contributed by atoms with E-state index < -0.39 is 41.1 Å². The summed E-state index contributed by atoms with van der Waals surface area (Å²) < 4.78 is 25.7. The summed E-state index contributed by atoms with van der Waals surface area (Å²) >= 11 is 0. The van der Waals surface area contributed by atoms with Crippen molar-refractivity contribution < 1.29 is 33.3 Å². The largest absolute Gasteiger partial charge is 0.496 e. The van der Waals surface area contributed by atoms with Crippen molar-refractivity contribution in [3.8, 4) is 5.75 Å². The van der Waals surface area contributed by atoms with E-state index >= 15 is 0 Å². The molecule has 6 rings (SSSR count). The van der Waals surface area contributed by atoms with Crippen molar-refractivity contribution >= 4 is 24.7 Å². The Morgan fingerprint density at radius 3 is 2.55 bits per heavy atom. The molecule has 1 aromatic carbocycles. The summed E-state index contributed by atoms with van der Waals surface area (Å²) in [7, 11) is 0.721. The molecule has 4 fully saturated rings. The molecule has 1 amide bonds. The van der Waals surface area contributed by atoms with Crippen LogP contribution in [0.1, 0.15) is 84.2 Å². The van der Waals surface area contributed by atoms with Crippen LogP contribution in [0.2, 0.25) is 0 Å². The van der Waals surface area contributed by atoms with Crippen molar-refractivity contribution in [2.75, 3.05) is 7.11 Å². The molecule has 0 spiro atoms. The van der Waals surface area contributed by atoms with Gasteiger partial charge in [0.15, 0.2) is 0 Å². The molecule has 1 N–H and O–H groups in total. The molecule has 4 unspecified atom stereocenters. The molecule has 13 heteroatoms. The maximum atomic E-state index is 13.2. The lowest BCUT2D eigenvalue weighted by molar-refractivity contribution is -0.385. The van der Waals surface area contributed by atoms with Gasteiger partial charge in [-0.05, 0) is 75.8 Å². The standard InChI is InChI=1S/C29H39BN4O8.C2H6/c1-27(2,3)40-26(36)20-10-8-9-17(25(20)39-7)11-23(32-24(35)16-33-15-19(14-31-33)34(37)38)30-41-22-13-18-12-21(28(18,4)5)29(22,6)42-30;1-2/h8-10,14-15,18,21-23H,11-13,16H2,1-7H3,(H,32,35);1-2H3/t18?,21?,22?,23?,29-;/m0./s1. The Kier molecular flexibility index (Phi) is 9.51. The number of amides is 1. The second-order valence-electron chi connectivity index (χ2n) is 13.4. The van der Waals surface area contributed by atoms with Crippen LogP contribution < -0.4 is 10.1 Å².